The van der Waals surface area contributed by atoms with E-state index in [-0.39, 0.29) is 5.91 Å². The number of ether oxygens (including phenoxy) is 1. The number of hydrogen-bond acceptors (Lipinski definition) is 3. The van der Waals surface area contributed by atoms with Gasteiger partial charge in [-0.05, 0) is 18.2 Å². The number of carbonyl (C=O) groups is 1. The third-order valence-electron chi connectivity index (χ3n) is 2.42. The van der Waals surface area contributed by atoms with Crippen molar-refractivity contribution >= 4 is 16.9 Å². The van der Waals surface area contributed by atoms with Crippen LogP contribution in [0, 0.1) is 0 Å². The first-order chi connectivity index (χ1) is 8.26. The molecule has 0 radical (unpaired) electrons. The summed E-state index contributed by atoms with van der Waals surface area (Å²) in [6.45, 7) is 3.97. The molecule has 1 amide bonds. The maximum absolute atomic E-state index is 11.8. The van der Waals surface area contributed by atoms with Crippen molar-refractivity contribution in [1.82, 2.24) is 5.32 Å². The van der Waals surface area contributed by atoms with Crippen LogP contribution in [0.2, 0.25) is 0 Å². The fourth-order valence-electron chi connectivity index (χ4n) is 1.61. The van der Waals surface area contributed by atoms with Gasteiger partial charge < -0.3 is 14.5 Å². The molecule has 4 heteroatoms. The summed E-state index contributed by atoms with van der Waals surface area (Å²) in [5.41, 5.74) is 1.14. The molecule has 1 aromatic carbocycles. The first-order valence-corrected chi connectivity index (χ1v) is 5.20. The van der Waals surface area contributed by atoms with E-state index in [0.717, 1.165) is 5.39 Å². The van der Waals surface area contributed by atoms with Crippen LogP contribution in [0.4, 0.5) is 0 Å². The predicted molar refractivity (Wildman–Crippen MR) is 65.3 cm³/mol. The highest BCUT2D eigenvalue weighted by atomic mass is 16.5. The molecule has 0 aliphatic rings. The molecule has 1 heterocycles. The molecule has 0 atom stereocenters. The lowest BCUT2D eigenvalue weighted by atomic mass is 10.1. The van der Waals surface area contributed by atoms with E-state index < -0.39 is 0 Å². The third-order valence-corrected chi connectivity index (χ3v) is 2.42. The second kappa shape index (κ2) is 4.74. The van der Waals surface area contributed by atoms with Gasteiger partial charge in [0.1, 0.15) is 11.3 Å². The Labute approximate surface area is 98.9 Å². The van der Waals surface area contributed by atoms with Crippen molar-refractivity contribution in [3.8, 4) is 5.75 Å². The zero-order chi connectivity index (χ0) is 12.3. The molecular formula is C13H13NO3. The van der Waals surface area contributed by atoms with Gasteiger partial charge in [-0.25, -0.2) is 0 Å². The Kier molecular flexibility index (Phi) is 3.14. The van der Waals surface area contributed by atoms with Crippen molar-refractivity contribution in [1.29, 1.82) is 0 Å². The standard InChI is InChI=1S/C13H13NO3/c1-3-5-14-13(15)9-7-11(16-2)10-4-6-17-12(10)8-9/h3-4,6-8H,1,5H2,2H3,(H,14,15). The van der Waals surface area contributed by atoms with Gasteiger partial charge in [-0.2, -0.15) is 0 Å². The number of carbonyl (C=O) groups excluding carboxylic acids is 1. The fourth-order valence-corrected chi connectivity index (χ4v) is 1.61. The summed E-state index contributed by atoms with van der Waals surface area (Å²) in [5, 5.41) is 3.56. The summed E-state index contributed by atoms with van der Waals surface area (Å²) in [6, 6.07) is 5.19. The van der Waals surface area contributed by atoms with Crippen LogP contribution < -0.4 is 10.1 Å². The van der Waals surface area contributed by atoms with Crippen LogP contribution in [0.3, 0.4) is 0 Å². The summed E-state index contributed by atoms with van der Waals surface area (Å²) < 4.78 is 10.5. The molecule has 0 bridgehead atoms. The first kappa shape index (κ1) is 11.3. The topological polar surface area (TPSA) is 51.5 Å². The van der Waals surface area contributed by atoms with Crippen molar-refractivity contribution in [2.24, 2.45) is 0 Å². The van der Waals surface area contributed by atoms with Crippen molar-refractivity contribution < 1.29 is 13.9 Å². The van der Waals surface area contributed by atoms with Gasteiger partial charge >= 0.3 is 0 Å². The molecule has 2 rings (SSSR count). The molecule has 0 saturated heterocycles. The summed E-state index contributed by atoms with van der Waals surface area (Å²) in [5.74, 6) is 0.446. The number of amides is 1. The van der Waals surface area contributed by atoms with E-state index in [4.69, 9.17) is 9.15 Å². The van der Waals surface area contributed by atoms with Crippen LogP contribution in [-0.2, 0) is 0 Å². The molecular weight excluding hydrogens is 218 g/mol. The zero-order valence-corrected chi connectivity index (χ0v) is 9.53. The highest BCUT2D eigenvalue weighted by Crippen LogP contribution is 2.28. The van der Waals surface area contributed by atoms with Crippen LogP contribution in [0.25, 0.3) is 11.0 Å². The van der Waals surface area contributed by atoms with Gasteiger partial charge in [0.2, 0.25) is 0 Å². The number of fused-ring (bicyclic) bond motifs is 1. The third kappa shape index (κ3) is 2.15. The lowest BCUT2D eigenvalue weighted by Crippen LogP contribution is -2.23. The molecule has 88 valence electrons. The Morgan fingerprint density at radius 3 is 3.12 bits per heavy atom. The highest BCUT2D eigenvalue weighted by Gasteiger charge is 2.11. The molecule has 0 spiro atoms. The lowest BCUT2D eigenvalue weighted by Gasteiger charge is -2.06. The molecule has 0 aliphatic heterocycles. The minimum atomic E-state index is -0.179. The molecule has 2 aromatic rings. The minimum Gasteiger partial charge on any atom is -0.496 e. The second-order valence-corrected chi connectivity index (χ2v) is 3.51. The smallest absolute Gasteiger partial charge is 0.251 e. The molecule has 0 aliphatic carbocycles. The number of methoxy groups -OCH3 is 1. The van der Waals surface area contributed by atoms with Gasteiger partial charge in [-0.1, -0.05) is 6.08 Å². The largest absolute Gasteiger partial charge is 0.496 e. The second-order valence-electron chi connectivity index (χ2n) is 3.51. The van der Waals surface area contributed by atoms with Crippen LogP contribution in [-0.4, -0.2) is 19.6 Å². The quantitative estimate of drug-likeness (QED) is 0.822. The SMILES string of the molecule is C=CCNC(=O)c1cc(OC)c2ccoc2c1. The highest BCUT2D eigenvalue weighted by molar-refractivity contribution is 5.99. The monoisotopic (exact) mass is 231 g/mol. The summed E-state index contributed by atoms with van der Waals surface area (Å²) in [6.07, 6.45) is 3.19. The number of benzene rings is 1. The van der Waals surface area contributed by atoms with Gasteiger partial charge in [-0.15, -0.1) is 6.58 Å². The fraction of sp³-hybridized carbons (Fsp3) is 0.154. The van der Waals surface area contributed by atoms with Crippen molar-refractivity contribution in [3.63, 3.8) is 0 Å². The van der Waals surface area contributed by atoms with Crippen LogP contribution >= 0.6 is 0 Å². The summed E-state index contributed by atoms with van der Waals surface area (Å²) >= 11 is 0. The van der Waals surface area contributed by atoms with Crippen LogP contribution in [0.5, 0.6) is 5.75 Å². The Morgan fingerprint density at radius 2 is 2.41 bits per heavy atom. The molecule has 4 nitrogen and oxygen atoms in total. The number of rotatable bonds is 4. The Bertz CT molecular complexity index is 557. The first-order valence-electron chi connectivity index (χ1n) is 5.20. The molecule has 1 N–H and O–H groups in total. The van der Waals surface area contributed by atoms with Gasteiger partial charge in [0.25, 0.3) is 5.91 Å². The van der Waals surface area contributed by atoms with Gasteiger partial charge in [0.05, 0.1) is 18.8 Å². The Balaban J connectivity index is 2.40. The molecule has 17 heavy (non-hydrogen) atoms. The molecule has 0 fully saturated rings. The van der Waals surface area contributed by atoms with E-state index in [0.29, 0.717) is 23.4 Å². The van der Waals surface area contributed by atoms with Gasteiger partial charge in [0, 0.05) is 12.1 Å². The van der Waals surface area contributed by atoms with Crippen molar-refractivity contribution in [2.75, 3.05) is 13.7 Å². The molecule has 0 saturated carbocycles. The summed E-state index contributed by atoms with van der Waals surface area (Å²) in [4.78, 5) is 11.8. The predicted octanol–water partition coefficient (Wildman–Crippen LogP) is 2.36. The Morgan fingerprint density at radius 1 is 1.59 bits per heavy atom. The van der Waals surface area contributed by atoms with Crippen molar-refractivity contribution in [2.45, 2.75) is 0 Å². The van der Waals surface area contributed by atoms with E-state index in [1.165, 1.54) is 0 Å². The lowest BCUT2D eigenvalue weighted by molar-refractivity contribution is 0.0957. The normalized spacial score (nSPS) is 10.2. The average molecular weight is 231 g/mol. The van der Waals surface area contributed by atoms with E-state index in [9.17, 15) is 4.79 Å². The summed E-state index contributed by atoms with van der Waals surface area (Å²) in [7, 11) is 1.56. The Hall–Kier alpha value is -2.23. The number of furan rings is 1. The van der Waals surface area contributed by atoms with Crippen LogP contribution in [0.15, 0.2) is 41.5 Å². The number of hydrogen-bond donors (Lipinski definition) is 1. The van der Waals surface area contributed by atoms with E-state index in [1.54, 1.807) is 37.6 Å². The number of nitrogens with one attached hydrogen (secondary N) is 1. The molecule has 0 unspecified atom stereocenters. The van der Waals surface area contributed by atoms with Gasteiger partial charge in [0.15, 0.2) is 0 Å². The van der Waals surface area contributed by atoms with E-state index in [2.05, 4.69) is 11.9 Å². The zero-order valence-electron chi connectivity index (χ0n) is 9.53. The van der Waals surface area contributed by atoms with Gasteiger partial charge in [-0.3, -0.25) is 4.79 Å². The average Bonchev–Trinajstić information content (AvgIpc) is 2.82. The van der Waals surface area contributed by atoms with Crippen molar-refractivity contribution in [3.05, 3.63) is 42.7 Å². The van der Waals surface area contributed by atoms with E-state index >= 15 is 0 Å². The molecule has 1 aromatic heterocycles. The van der Waals surface area contributed by atoms with Crippen LogP contribution in [0.1, 0.15) is 10.4 Å². The maximum Gasteiger partial charge on any atom is 0.251 e. The minimum absolute atomic E-state index is 0.179. The van der Waals surface area contributed by atoms with E-state index in [1.807, 2.05) is 0 Å². The maximum atomic E-state index is 11.8.